The van der Waals surface area contributed by atoms with Gasteiger partial charge in [0.25, 0.3) is 0 Å². The summed E-state index contributed by atoms with van der Waals surface area (Å²) < 4.78 is 5.36. The highest BCUT2D eigenvalue weighted by molar-refractivity contribution is 5.88. The molecule has 1 aliphatic rings. The SMILES string of the molecule is Cc1ccc(NC(C)(C(N)=O)C2CCOC2)cc1. The molecule has 1 aromatic carbocycles. The molecular weight excluding hydrogens is 228 g/mol. The zero-order chi connectivity index (χ0) is 13.2. The number of rotatable bonds is 4. The van der Waals surface area contributed by atoms with Crippen LogP contribution in [0.2, 0.25) is 0 Å². The number of hydrogen-bond donors (Lipinski definition) is 2. The van der Waals surface area contributed by atoms with E-state index in [0.29, 0.717) is 13.2 Å². The Kier molecular flexibility index (Phi) is 3.57. The number of amides is 1. The van der Waals surface area contributed by atoms with E-state index < -0.39 is 5.54 Å². The second kappa shape index (κ2) is 4.98. The van der Waals surface area contributed by atoms with E-state index in [1.54, 1.807) is 0 Å². The molecule has 0 saturated carbocycles. The van der Waals surface area contributed by atoms with Gasteiger partial charge in [-0.2, -0.15) is 0 Å². The van der Waals surface area contributed by atoms with E-state index in [2.05, 4.69) is 5.32 Å². The molecule has 98 valence electrons. The molecule has 0 aliphatic carbocycles. The Bertz CT molecular complexity index is 424. The molecule has 1 fully saturated rings. The lowest BCUT2D eigenvalue weighted by molar-refractivity contribution is -0.123. The standard InChI is InChI=1S/C14H20N2O2/c1-10-3-5-12(6-4-10)16-14(2,13(15)17)11-7-8-18-9-11/h3-6,11,16H,7-9H2,1-2H3,(H2,15,17). The van der Waals surface area contributed by atoms with Gasteiger partial charge in [0.2, 0.25) is 5.91 Å². The highest BCUT2D eigenvalue weighted by Crippen LogP contribution is 2.29. The van der Waals surface area contributed by atoms with E-state index >= 15 is 0 Å². The van der Waals surface area contributed by atoms with Crippen LogP contribution in [0.25, 0.3) is 0 Å². The summed E-state index contributed by atoms with van der Waals surface area (Å²) in [6.07, 6.45) is 0.859. The summed E-state index contributed by atoms with van der Waals surface area (Å²) in [5.41, 5.74) is 6.91. The van der Waals surface area contributed by atoms with Crippen LogP contribution in [0.1, 0.15) is 18.9 Å². The number of benzene rings is 1. The van der Waals surface area contributed by atoms with Crippen molar-refractivity contribution in [3.63, 3.8) is 0 Å². The summed E-state index contributed by atoms with van der Waals surface area (Å²) >= 11 is 0. The normalized spacial score (nSPS) is 22.4. The Balaban J connectivity index is 2.20. The molecule has 0 spiro atoms. The van der Waals surface area contributed by atoms with Gasteiger partial charge in [0.05, 0.1) is 6.61 Å². The lowest BCUT2D eigenvalue weighted by Gasteiger charge is -2.33. The lowest BCUT2D eigenvalue weighted by atomic mass is 9.84. The van der Waals surface area contributed by atoms with E-state index in [1.807, 2.05) is 38.1 Å². The van der Waals surface area contributed by atoms with Gasteiger partial charge in [0, 0.05) is 18.2 Å². The maximum Gasteiger partial charge on any atom is 0.243 e. The van der Waals surface area contributed by atoms with Gasteiger partial charge in [0.1, 0.15) is 5.54 Å². The number of anilines is 1. The number of aryl methyl sites for hydroxylation is 1. The molecule has 1 aliphatic heterocycles. The Labute approximate surface area is 108 Å². The largest absolute Gasteiger partial charge is 0.381 e. The monoisotopic (exact) mass is 248 g/mol. The average molecular weight is 248 g/mol. The zero-order valence-electron chi connectivity index (χ0n) is 10.9. The Morgan fingerprint density at radius 3 is 2.61 bits per heavy atom. The van der Waals surface area contributed by atoms with Crippen LogP contribution in [0.5, 0.6) is 0 Å². The predicted molar refractivity (Wildman–Crippen MR) is 71.3 cm³/mol. The van der Waals surface area contributed by atoms with Gasteiger partial charge in [0.15, 0.2) is 0 Å². The molecule has 0 bridgehead atoms. The van der Waals surface area contributed by atoms with E-state index in [4.69, 9.17) is 10.5 Å². The Morgan fingerprint density at radius 1 is 1.44 bits per heavy atom. The number of nitrogens with one attached hydrogen (secondary N) is 1. The van der Waals surface area contributed by atoms with Crippen LogP contribution < -0.4 is 11.1 Å². The summed E-state index contributed by atoms with van der Waals surface area (Å²) in [7, 11) is 0. The fourth-order valence-corrected chi connectivity index (χ4v) is 2.29. The van der Waals surface area contributed by atoms with Gasteiger partial charge < -0.3 is 15.8 Å². The minimum absolute atomic E-state index is 0.122. The molecule has 1 aromatic rings. The van der Waals surface area contributed by atoms with Crippen LogP contribution >= 0.6 is 0 Å². The van der Waals surface area contributed by atoms with Gasteiger partial charge in [-0.05, 0) is 32.4 Å². The molecule has 2 unspecified atom stereocenters. The van der Waals surface area contributed by atoms with Crippen LogP contribution in [-0.4, -0.2) is 24.7 Å². The summed E-state index contributed by atoms with van der Waals surface area (Å²) in [6, 6.07) is 7.95. The van der Waals surface area contributed by atoms with Crippen molar-refractivity contribution in [1.29, 1.82) is 0 Å². The van der Waals surface area contributed by atoms with Crippen molar-refractivity contribution in [2.75, 3.05) is 18.5 Å². The minimum Gasteiger partial charge on any atom is -0.381 e. The van der Waals surface area contributed by atoms with Crippen molar-refractivity contribution in [2.45, 2.75) is 25.8 Å². The number of hydrogen-bond acceptors (Lipinski definition) is 3. The average Bonchev–Trinajstić information content (AvgIpc) is 2.86. The lowest BCUT2D eigenvalue weighted by Crippen LogP contribution is -2.53. The predicted octanol–water partition coefficient (Wildman–Crippen LogP) is 1.69. The van der Waals surface area contributed by atoms with Crippen molar-refractivity contribution in [2.24, 2.45) is 11.7 Å². The zero-order valence-corrected chi connectivity index (χ0v) is 10.9. The summed E-state index contributed by atoms with van der Waals surface area (Å²) in [5.74, 6) is -0.213. The van der Waals surface area contributed by atoms with E-state index in [0.717, 1.165) is 12.1 Å². The fraction of sp³-hybridized carbons (Fsp3) is 0.500. The molecule has 3 N–H and O–H groups in total. The van der Waals surface area contributed by atoms with Crippen LogP contribution in [0.3, 0.4) is 0 Å². The topological polar surface area (TPSA) is 64.3 Å². The molecule has 1 amide bonds. The maximum atomic E-state index is 11.8. The minimum atomic E-state index is -0.758. The quantitative estimate of drug-likeness (QED) is 0.852. The Hall–Kier alpha value is -1.55. The first-order valence-electron chi connectivity index (χ1n) is 6.25. The maximum absolute atomic E-state index is 11.8. The smallest absolute Gasteiger partial charge is 0.243 e. The van der Waals surface area contributed by atoms with E-state index in [-0.39, 0.29) is 11.8 Å². The molecule has 18 heavy (non-hydrogen) atoms. The molecular formula is C14H20N2O2. The molecule has 0 radical (unpaired) electrons. The Morgan fingerprint density at radius 2 is 2.11 bits per heavy atom. The van der Waals surface area contributed by atoms with Crippen LogP contribution in [0.4, 0.5) is 5.69 Å². The van der Waals surface area contributed by atoms with Crippen molar-refractivity contribution in [3.05, 3.63) is 29.8 Å². The molecule has 1 heterocycles. The highest BCUT2D eigenvalue weighted by Gasteiger charge is 2.41. The molecule has 0 aromatic heterocycles. The summed E-state index contributed by atoms with van der Waals surface area (Å²) in [5, 5.41) is 3.27. The van der Waals surface area contributed by atoms with Gasteiger partial charge in [-0.25, -0.2) is 0 Å². The third kappa shape index (κ3) is 2.48. The summed E-state index contributed by atoms with van der Waals surface area (Å²) in [4.78, 5) is 11.8. The third-order valence-electron chi connectivity index (χ3n) is 3.71. The van der Waals surface area contributed by atoms with Crippen molar-refractivity contribution < 1.29 is 9.53 Å². The number of primary amides is 1. The van der Waals surface area contributed by atoms with E-state index in [1.165, 1.54) is 5.56 Å². The number of carbonyl (C=O) groups is 1. The van der Waals surface area contributed by atoms with Crippen molar-refractivity contribution in [3.8, 4) is 0 Å². The van der Waals surface area contributed by atoms with Crippen LogP contribution in [0.15, 0.2) is 24.3 Å². The second-order valence-corrected chi connectivity index (χ2v) is 5.12. The van der Waals surface area contributed by atoms with Crippen molar-refractivity contribution >= 4 is 11.6 Å². The molecule has 4 nitrogen and oxygen atoms in total. The first-order chi connectivity index (χ1) is 8.52. The van der Waals surface area contributed by atoms with Gasteiger partial charge in [-0.15, -0.1) is 0 Å². The number of ether oxygens (including phenoxy) is 1. The van der Waals surface area contributed by atoms with Crippen molar-refractivity contribution in [1.82, 2.24) is 0 Å². The second-order valence-electron chi connectivity index (χ2n) is 5.12. The first-order valence-corrected chi connectivity index (χ1v) is 6.25. The number of carbonyl (C=O) groups excluding carboxylic acids is 1. The molecule has 1 saturated heterocycles. The molecule has 4 heteroatoms. The van der Waals surface area contributed by atoms with Crippen LogP contribution in [0, 0.1) is 12.8 Å². The van der Waals surface area contributed by atoms with Gasteiger partial charge in [-0.1, -0.05) is 17.7 Å². The van der Waals surface area contributed by atoms with Gasteiger partial charge in [-0.3, -0.25) is 4.79 Å². The fourth-order valence-electron chi connectivity index (χ4n) is 2.29. The van der Waals surface area contributed by atoms with Crippen LogP contribution in [-0.2, 0) is 9.53 Å². The summed E-state index contributed by atoms with van der Waals surface area (Å²) in [6.45, 7) is 5.16. The molecule has 2 rings (SSSR count). The first kappa shape index (κ1) is 12.9. The number of nitrogens with two attached hydrogens (primary N) is 1. The van der Waals surface area contributed by atoms with Gasteiger partial charge >= 0.3 is 0 Å². The highest BCUT2D eigenvalue weighted by atomic mass is 16.5. The molecule has 2 atom stereocenters. The third-order valence-corrected chi connectivity index (χ3v) is 3.71. The van der Waals surface area contributed by atoms with E-state index in [9.17, 15) is 4.79 Å².